The average Bonchev–Trinajstić information content (AvgIpc) is 2.95. The molecule has 0 aliphatic heterocycles. The SMILES string of the molecule is Cc1ccccc1NC(=O)C(c1ccc(O)cc1)N(C(=O)C(Cc1ccccc1)NC(=O)OC(C)(C)C)C(C)CCC(C)C. The summed E-state index contributed by atoms with van der Waals surface area (Å²) < 4.78 is 5.55. The fraction of sp³-hybridized carbons (Fsp3) is 0.417. The number of phenolic OH excluding ortho intramolecular Hbond substituents is 1. The van der Waals surface area contributed by atoms with Crippen LogP contribution in [0.25, 0.3) is 0 Å². The number of alkyl carbamates (subject to hydrolysis) is 1. The zero-order chi connectivity index (χ0) is 32.4. The quantitative estimate of drug-likeness (QED) is 0.204. The van der Waals surface area contributed by atoms with Crippen molar-refractivity contribution < 1.29 is 24.2 Å². The molecule has 3 unspecified atom stereocenters. The van der Waals surface area contributed by atoms with Gasteiger partial charge in [0, 0.05) is 18.2 Å². The van der Waals surface area contributed by atoms with E-state index in [2.05, 4.69) is 24.5 Å². The average molecular weight is 602 g/mol. The Bertz CT molecular complexity index is 1380. The summed E-state index contributed by atoms with van der Waals surface area (Å²) in [6.45, 7) is 13.3. The Kier molecular flexibility index (Phi) is 12.0. The lowest BCUT2D eigenvalue weighted by molar-refractivity contribution is -0.143. The van der Waals surface area contributed by atoms with Gasteiger partial charge in [0.25, 0.3) is 5.91 Å². The van der Waals surface area contributed by atoms with Crippen molar-refractivity contribution in [1.82, 2.24) is 10.2 Å². The van der Waals surface area contributed by atoms with E-state index in [-0.39, 0.29) is 18.2 Å². The number of aryl methyl sites for hydroxylation is 1. The van der Waals surface area contributed by atoms with E-state index in [0.717, 1.165) is 17.5 Å². The molecule has 0 saturated carbocycles. The largest absolute Gasteiger partial charge is 0.508 e. The third-order valence-electron chi connectivity index (χ3n) is 7.30. The summed E-state index contributed by atoms with van der Waals surface area (Å²) >= 11 is 0. The molecule has 3 rings (SSSR count). The first-order valence-corrected chi connectivity index (χ1v) is 15.3. The lowest BCUT2D eigenvalue weighted by atomic mass is 9.95. The normalized spacial score (nSPS) is 13.5. The molecule has 0 aliphatic rings. The van der Waals surface area contributed by atoms with Gasteiger partial charge >= 0.3 is 6.09 Å². The van der Waals surface area contributed by atoms with Gasteiger partial charge in [0.2, 0.25) is 5.91 Å². The van der Waals surface area contributed by atoms with Crippen LogP contribution in [0.3, 0.4) is 0 Å². The van der Waals surface area contributed by atoms with Crippen LogP contribution in [-0.2, 0) is 20.7 Å². The van der Waals surface area contributed by atoms with Crippen LogP contribution in [0, 0.1) is 12.8 Å². The number of ether oxygens (including phenoxy) is 1. The number of para-hydroxylation sites is 1. The third kappa shape index (κ3) is 10.1. The second kappa shape index (κ2) is 15.4. The van der Waals surface area contributed by atoms with Crippen LogP contribution in [0.4, 0.5) is 10.5 Å². The maximum absolute atomic E-state index is 14.8. The molecule has 3 atom stereocenters. The van der Waals surface area contributed by atoms with E-state index in [9.17, 15) is 19.5 Å². The van der Waals surface area contributed by atoms with Gasteiger partial charge in [-0.05, 0) is 88.3 Å². The molecule has 0 saturated heterocycles. The summed E-state index contributed by atoms with van der Waals surface area (Å²) in [7, 11) is 0. The van der Waals surface area contributed by atoms with E-state index in [1.165, 1.54) is 12.1 Å². The highest BCUT2D eigenvalue weighted by molar-refractivity contribution is 5.99. The summed E-state index contributed by atoms with van der Waals surface area (Å²) in [6.07, 6.45) is 0.955. The Balaban J connectivity index is 2.13. The Labute approximate surface area is 261 Å². The van der Waals surface area contributed by atoms with Gasteiger partial charge in [-0.15, -0.1) is 0 Å². The van der Waals surface area contributed by atoms with Crippen LogP contribution in [-0.4, -0.2) is 45.6 Å². The number of rotatable bonds is 12. The number of carbonyl (C=O) groups excluding carboxylic acids is 3. The molecule has 0 aliphatic carbocycles. The monoisotopic (exact) mass is 601 g/mol. The van der Waals surface area contributed by atoms with E-state index in [1.807, 2.05) is 68.4 Å². The number of nitrogens with zero attached hydrogens (tertiary/aromatic N) is 1. The van der Waals surface area contributed by atoms with Gasteiger partial charge in [-0.1, -0.05) is 74.5 Å². The summed E-state index contributed by atoms with van der Waals surface area (Å²) in [5.74, 6) is -0.382. The zero-order valence-electron chi connectivity index (χ0n) is 27.0. The second-order valence-corrected chi connectivity index (χ2v) is 12.8. The van der Waals surface area contributed by atoms with Crippen molar-refractivity contribution in [3.8, 4) is 5.75 Å². The highest BCUT2D eigenvalue weighted by Crippen LogP contribution is 2.30. The highest BCUT2D eigenvalue weighted by atomic mass is 16.6. The number of hydrogen-bond acceptors (Lipinski definition) is 5. The van der Waals surface area contributed by atoms with Crippen molar-refractivity contribution >= 4 is 23.6 Å². The number of benzene rings is 3. The van der Waals surface area contributed by atoms with Crippen molar-refractivity contribution in [3.05, 3.63) is 95.6 Å². The number of nitrogens with one attached hydrogen (secondary N) is 2. The smallest absolute Gasteiger partial charge is 0.408 e. The minimum absolute atomic E-state index is 0.0473. The minimum atomic E-state index is -1.05. The van der Waals surface area contributed by atoms with Gasteiger partial charge in [0.15, 0.2) is 0 Å². The number of amides is 3. The molecule has 0 fully saturated rings. The summed E-state index contributed by atoms with van der Waals surface area (Å²) in [5.41, 5.74) is 2.13. The first-order chi connectivity index (χ1) is 20.7. The maximum Gasteiger partial charge on any atom is 0.408 e. The number of carbonyl (C=O) groups is 3. The molecule has 44 heavy (non-hydrogen) atoms. The van der Waals surface area contributed by atoms with E-state index in [0.29, 0.717) is 23.6 Å². The van der Waals surface area contributed by atoms with Gasteiger partial charge in [-0.2, -0.15) is 0 Å². The minimum Gasteiger partial charge on any atom is -0.508 e. The topological polar surface area (TPSA) is 108 Å². The molecule has 8 nitrogen and oxygen atoms in total. The third-order valence-corrected chi connectivity index (χ3v) is 7.30. The van der Waals surface area contributed by atoms with E-state index < -0.39 is 35.6 Å². The molecular formula is C36H47N3O5. The molecule has 3 aromatic carbocycles. The first-order valence-electron chi connectivity index (χ1n) is 15.3. The van der Waals surface area contributed by atoms with Gasteiger partial charge in [0.1, 0.15) is 23.4 Å². The molecular weight excluding hydrogens is 554 g/mol. The number of anilines is 1. The molecule has 0 heterocycles. The van der Waals surface area contributed by atoms with Crippen LogP contribution in [0.2, 0.25) is 0 Å². The molecule has 0 bridgehead atoms. The highest BCUT2D eigenvalue weighted by Gasteiger charge is 2.39. The number of phenols is 1. The Morgan fingerprint density at radius 1 is 0.864 bits per heavy atom. The van der Waals surface area contributed by atoms with E-state index in [4.69, 9.17) is 4.74 Å². The van der Waals surface area contributed by atoms with Gasteiger partial charge in [0.05, 0.1) is 0 Å². The predicted molar refractivity (Wildman–Crippen MR) is 174 cm³/mol. The molecule has 0 radical (unpaired) electrons. The van der Waals surface area contributed by atoms with E-state index >= 15 is 0 Å². The lowest BCUT2D eigenvalue weighted by Gasteiger charge is -2.39. The van der Waals surface area contributed by atoms with Crippen LogP contribution in [0.15, 0.2) is 78.9 Å². The van der Waals surface area contributed by atoms with Crippen molar-refractivity contribution in [2.24, 2.45) is 5.92 Å². The Morgan fingerprint density at radius 3 is 2.07 bits per heavy atom. The summed E-state index contributed by atoms with van der Waals surface area (Å²) in [6, 6.07) is 20.8. The van der Waals surface area contributed by atoms with Crippen molar-refractivity contribution in [3.63, 3.8) is 0 Å². The fourth-order valence-electron chi connectivity index (χ4n) is 5.00. The molecule has 236 valence electrons. The molecule has 0 spiro atoms. The molecule has 3 amide bonds. The number of aromatic hydroxyl groups is 1. The van der Waals surface area contributed by atoms with Gasteiger partial charge in [-0.3, -0.25) is 9.59 Å². The van der Waals surface area contributed by atoms with Crippen molar-refractivity contribution in [1.29, 1.82) is 0 Å². The molecule has 8 heteroatoms. The lowest BCUT2D eigenvalue weighted by Crippen LogP contribution is -2.55. The van der Waals surface area contributed by atoms with Crippen LogP contribution >= 0.6 is 0 Å². The molecule has 3 N–H and O–H groups in total. The van der Waals surface area contributed by atoms with Crippen LogP contribution < -0.4 is 10.6 Å². The van der Waals surface area contributed by atoms with Crippen molar-refractivity contribution in [2.75, 3.05) is 5.32 Å². The predicted octanol–water partition coefficient (Wildman–Crippen LogP) is 7.17. The zero-order valence-corrected chi connectivity index (χ0v) is 27.0. The van der Waals surface area contributed by atoms with Crippen molar-refractivity contribution in [2.45, 2.75) is 91.5 Å². The standard InChI is InChI=1S/C36H47N3O5/c1-24(2)17-18-26(4)39(34(42)31(23-27-14-9-8-10-15-27)38-35(43)44-36(5,6)7)32(28-19-21-29(40)22-20-28)33(41)37-30-16-12-11-13-25(30)3/h8-16,19-22,24,26,31-32,40H,17-18,23H2,1-7H3,(H,37,41)(H,38,43). The summed E-state index contributed by atoms with van der Waals surface area (Å²) in [5, 5.41) is 15.9. The second-order valence-electron chi connectivity index (χ2n) is 12.8. The van der Waals surface area contributed by atoms with Crippen LogP contribution in [0.1, 0.15) is 77.1 Å². The Morgan fingerprint density at radius 2 is 1.48 bits per heavy atom. The van der Waals surface area contributed by atoms with Gasteiger partial charge in [-0.25, -0.2) is 4.79 Å². The molecule has 3 aromatic rings. The maximum atomic E-state index is 14.8. The number of hydrogen-bond donors (Lipinski definition) is 3. The van der Waals surface area contributed by atoms with Crippen LogP contribution in [0.5, 0.6) is 5.75 Å². The van der Waals surface area contributed by atoms with E-state index in [1.54, 1.807) is 37.8 Å². The molecule has 0 aromatic heterocycles. The summed E-state index contributed by atoms with van der Waals surface area (Å²) in [4.78, 5) is 43.7. The van der Waals surface area contributed by atoms with Gasteiger partial charge < -0.3 is 25.4 Å². The first kappa shape index (κ1) is 34.2. The Hall–Kier alpha value is -4.33. The fourth-order valence-corrected chi connectivity index (χ4v) is 5.00.